The van der Waals surface area contributed by atoms with Crippen molar-refractivity contribution in [2.24, 2.45) is 5.92 Å². The summed E-state index contributed by atoms with van der Waals surface area (Å²) in [5, 5.41) is 7.37. The maximum Gasteiger partial charge on any atom is 0.411 e. The number of amides is 2. The first-order chi connectivity index (χ1) is 16.6. The minimum Gasteiger partial charge on any atom is -0.453 e. The van der Waals surface area contributed by atoms with Gasteiger partial charge in [0.15, 0.2) is 0 Å². The number of hydrogen-bond donors (Lipinski definition) is 2. The summed E-state index contributed by atoms with van der Waals surface area (Å²) < 4.78 is 9.82. The van der Waals surface area contributed by atoms with Crippen LogP contribution < -0.4 is 15.5 Å². The molecule has 10 heteroatoms. The maximum atomic E-state index is 11.9. The molecule has 0 radical (unpaired) electrons. The van der Waals surface area contributed by atoms with Gasteiger partial charge in [-0.1, -0.05) is 18.2 Å². The Hall–Kier alpha value is -3.66. The highest BCUT2D eigenvalue weighted by atomic mass is 32.1. The average Bonchev–Trinajstić information content (AvgIpc) is 3.41. The maximum absolute atomic E-state index is 11.9. The fourth-order valence-corrected chi connectivity index (χ4v) is 4.29. The van der Waals surface area contributed by atoms with Crippen molar-refractivity contribution in [3.05, 3.63) is 59.0 Å². The lowest BCUT2D eigenvalue weighted by Crippen LogP contribution is -2.39. The van der Waals surface area contributed by atoms with Crippen LogP contribution in [-0.4, -0.2) is 48.9 Å². The predicted molar refractivity (Wildman–Crippen MR) is 131 cm³/mol. The fourth-order valence-electron chi connectivity index (χ4n) is 3.75. The molecule has 1 aliphatic heterocycles. The number of benzene rings is 1. The number of rotatable bonds is 7. The minimum absolute atomic E-state index is 0.195. The number of carbonyl (C=O) groups is 2. The Kier molecular flexibility index (Phi) is 7.92. The molecule has 0 aliphatic carbocycles. The van der Waals surface area contributed by atoms with Crippen molar-refractivity contribution in [3.8, 4) is 11.3 Å². The van der Waals surface area contributed by atoms with E-state index < -0.39 is 12.2 Å². The van der Waals surface area contributed by atoms with Crippen molar-refractivity contribution in [1.29, 1.82) is 0 Å². The van der Waals surface area contributed by atoms with E-state index >= 15 is 0 Å². The van der Waals surface area contributed by atoms with Crippen LogP contribution in [0.25, 0.3) is 11.3 Å². The normalized spacial score (nSPS) is 13.9. The van der Waals surface area contributed by atoms with E-state index in [1.165, 1.54) is 18.4 Å². The van der Waals surface area contributed by atoms with E-state index in [0.717, 1.165) is 48.7 Å². The summed E-state index contributed by atoms with van der Waals surface area (Å²) >= 11 is 1.48. The third kappa shape index (κ3) is 6.44. The highest BCUT2D eigenvalue weighted by molar-refractivity contribution is 7.07. The number of alkyl carbamates (subject to hydrolysis) is 1. The number of ether oxygens (including phenoxy) is 2. The minimum atomic E-state index is -0.501. The summed E-state index contributed by atoms with van der Waals surface area (Å²) in [6.45, 7) is 2.54. The van der Waals surface area contributed by atoms with Gasteiger partial charge in [0.25, 0.3) is 0 Å². The van der Waals surface area contributed by atoms with E-state index in [1.54, 1.807) is 5.51 Å². The summed E-state index contributed by atoms with van der Waals surface area (Å²) in [5.74, 6) is 1.34. The van der Waals surface area contributed by atoms with Crippen LogP contribution in [0.4, 0.5) is 21.1 Å². The number of nitrogens with one attached hydrogen (secondary N) is 2. The monoisotopic (exact) mass is 481 g/mol. The molecule has 1 fully saturated rings. The van der Waals surface area contributed by atoms with Crippen molar-refractivity contribution in [2.75, 3.05) is 37.0 Å². The second-order valence-electron chi connectivity index (χ2n) is 7.94. The van der Waals surface area contributed by atoms with Crippen LogP contribution in [-0.2, 0) is 16.1 Å². The number of thiazole rings is 1. The fraction of sp³-hybridized carbons (Fsp3) is 0.333. The van der Waals surface area contributed by atoms with Crippen LogP contribution >= 0.6 is 11.3 Å². The van der Waals surface area contributed by atoms with Gasteiger partial charge in [0.2, 0.25) is 0 Å². The van der Waals surface area contributed by atoms with Gasteiger partial charge < -0.3 is 19.7 Å². The molecular formula is C24H27N5O4S. The first kappa shape index (κ1) is 23.5. The summed E-state index contributed by atoms with van der Waals surface area (Å²) in [7, 11) is 1.33. The lowest BCUT2D eigenvalue weighted by atomic mass is 9.97. The summed E-state index contributed by atoms with van der Waals surface area (Å²) in [5.41, 5.74) is 4.98. The van der Waals surface area contributed by atoms with Gasteiger partial charge in [-0.25, -0.2) is 19.6 Å². The van der Waals surface area contributed by atoms with Gasteiger partial charge in [-0.15, -0.1) is 11.3 Å². The number of anilines is 2. The molecule has 0 bridgehead atoms. The van der Waals surface area contributed by atoms with Gasteiger partial charge in [0.05, 0.1) is 24.0 Å². The third-order valence-electron chi connectivity index (χ3n) is 5.66. The largest absolute Gasteiger partial charge is 0.453 e. The number of carbonyl (C=O) groups excluding carboxylic acids is 2. The van der Waals surface area contributed by atoms with Crippen LogP contribution in [0.2, 0.25) is 0 Å². The zero-order valence-corrected chi connectivity index (χ0v) is 19.7. The number of hydrogen-bond acceptors (Lipinski definition) is 8. The van der Waals surface area contributed by atoms with Gasteiger partial charge in [-0.05, 0) is 43.0 Å². The second-order valence-corrected chi connectivity index (χ2v) is 8.66. The van der Waals surface area contributed by atoms with Gasteiger partial charge in [-0.2, -0.15) is 0 Å². The summed E-state index contributed by atoms with van der Waals surface area (Å²) in [4.78, 5) is 34.5. The predicted octanol–water partition coefficient (Wildman–Crippen LogP) is 4.53. The van der Waals surface area contributed by atoms with E-state index in [0.29, 0.717) is 18.2 Å². The van der Waals surface area contributed by atoms with Gasteiger partial charge >= 0.3 is 12.2 Å². The van der Waals surface area contributed by atoms with E-state index in [1.807, 2.05) is 47.8 Å². The van der Waals surface area contributed by atoms with Crippen molar-refractivity contribution in [3.63, 3.8) is 0 Å². The molecule has 0 saturated carbocycles. The van der Waals surface area contributed by atoms with E-state index in [9.17, 15) is 9.59 Å². The Morgan fingerprint density at radius 2 is 1.91 bits per heavy atom. The van der Waals surface area contributed by atoms with Crippen molar-refractivity contribution in [1.82, 2.24) is 15.3 Å². The standard InChI is InChI=1S/C24H27N5O4S/c1-32-24(31)27-19-7-5-18(6-8-19)21-3-2-4-22(28-21)29-11-9-17(10-12-29)13-25-23(30)33-14-20-15-34-16-26-20/h2-8,15-17H,9-14H2,1H3,(H,25,30)(H,27,31). The van der Waals surface area contributed by atoms with E-state index in [-0.39, 0.29) is 6.61 Å². The first-order valence-electron chi connectivity index (χ1n) is 11.1. The van der Waals surface area contributed by atoms with Gasteiger partial charge in [0.1, 0.15) is 12.4 Å². The molecule has 1 saturated heterocycles. The molecule has 0 spiro atoms. The smallest absolute Gasteiger partial charge is 0.411 e. The molecular weight excluding hydrogens is 454 g/mol. The number of aromatic nitrogens is 2. The van der Waals surface area contributed by atoms with Crippen LogP contribution in [0.5, 0.6) is 0 Å². The molecule has 2 N–H and O–H groups in total. The quantitative estimate of drug-likeness (QED) is 0.511. The molecule has 1 aromatic carbocycles. The molecule has 4 rings (SSSR count). The SMILES string of the molecule is COC(=O)Nc1ccc(-c2cccc(N3CCC(CNC(=O)OCc4cscn4)CC3)n2)cc1. The highest BCUT2D eigenvalue weighted by Crippen LogP contribution is 2.25. The van der Waals surface area contributed by atoms with E-state index in [2.05, 4.69) is 25.3 Å². The van der Waals surface area contributed by atoms with Crippen molar-refractivity contribution in [2.45, 2.75) is 19.4 Å². The molecule has 2 aromatic heterocycles. The van der Waals surface area contributed by atoms with Crippen LogP contribution in [0.3, 0.4) is 0 Å². The third-order valence-corrected chi connectivity index (χ3v) is 6.29. The van der Waals surface area contributed by atoms with Gasteiger partial charge in [-0.3, -0.25) is 5.32 Å². The molecule has 2 amide bonds. The topological polar surface area (TPSA) is 106 Å². The zero-order valence-electron chi connectivity index (χ0n) is 18.9. The zero-order chi connectivity index (χ0) is 23.8. The molecule has 9 nitrogen and oxygen atoms in total. The molecule has 0 unspecified atom stereocenters. The second kappa shape index (κ2) is 11.5. The molecule has 34 heavy (non-hydrogen) atoms. The van der Waals surface area contributed by atoms with Crippen molar-refractivity contribution >= 4 is 35.0 Å². The van der Waals surface area contributed by atoms with E-state index in [4.69, 9.17) is 9.72 Å². The lowest BCUT2D eigenvalue weighted by molar-refractivity contribution is 0.136. The molecule has 3 heterocycles. The number of pyridine rings is 1. The number of nitrogens with zero attached hydrogens (tertiary/aromatic N) is 3. The Morgan fingerprint density at radius 3 is 2.62 bits per heavy atom. The first-order valence-corrected chi connectivity index (χ1v) is 12.0. The van der Waals surface area contributed by atoms with Gasteiger partial charge in [0, 0.05) is 36.3 Å². The average molecular weight is 482 g/mol. The Bertz CT molecular complexity index is 1080. The molecule has 3 aromatic rings. The Balaban J connectivity index is 1.25. The van der Waals surface area contributed by atoms with Crippen LogP contribution in [0.15, 0.2) is 53.4 Å². The molecule has 0 atom stereocenters. The van der Waals surface area contributed by atoms with Crippen molar-refractivity contribution < 1.29 is 19.1 Å². The highest BCUT2D eigenvalue weighted by Gasteiger charge is 2.21. The van der Waals surface area contributed by atoms with Crippen LogP contribution in [0, 0.1) is 5.92 Å². The summed E-state index contributed by atoms with van der Waals surface area (Å²) in [6, 6.07) is 13.5. The Morgan fingerprint density at radius 1 is 1.12 bits per heavy atom. The number of piperidine rings is 1. The number of methoxy groups -OCH3 is 1. The Labute approximate surface area is 202 Å². The molecule has 1 aliphatic rings. The molecule has 178 valence electrons. The lowest BCUT2D eigenvalue weighted by Gasteiger charge is -2.33. The summed E-state index contributed by atoms with van der Waals surface area (Å²) in [6.07, 6.45) is 1.02. The van der Waals surface area contributed by atoms with Crippen LogP contribution in [0.1, 0.15) is 18.5 Å².